The van der Waals surface area contributed by atoms with E-state index in [-0.39, 0.29) is 12.1 Å². The van der Waals surface area contributed by atoms with Gasteiger partial charge in [-0.3, -0.25) is 9.78 Å². The molecule has 8 heteroatoms. The molecule has 1 aromatic rings. The Balaban J connectivity index is 2.72. The first-order valence-electron chi connectivity index (χ1n) is 5.99. The summed E-state index contributed by atoms with van der Waals surface area (Å²) in [5.41, 5.74) is 6.28. The number of carbonyl (C=O) groups is 1. The van der Waals surface area contributed by atoms with Gasteiger partial charge in [0, 0.05) is 29.7 Å². The SMILES string of the molecule is Cc1cc(N)c(C(=O)NCC(C)(C)NS(C)(=O)=O)cn1. The minimum Gasteiger partial charge on any atom is -0.398 e. The summed E-state index contributed by atoms with van der Waals surface area (Å²) in [5.74, 6) is -0.390. The third kappa shape index (κ3) is 5.14. The van der Waals surface area contributed by atoms with Gasteiger partial charge in [-0.2, -0.15) is 0 Å². The number of pyridine rings is 1. The van der Waals surface area contributed by atoms with Gasteiger partial charge in [-0.1, -0.05) is 0 Å². The first-order valence-corrected chi connectivity index (χ1v) is 7.88. The van der Waals surface area contributed by atoms with Gasteiger partial charge in [-0.05, 0) is 26.8 Å². The van der Waals surface area contributed by atoms with Crippen molar-refractivity contribution in [3.05, 3.63) is 23.5 Å². The fourth-order valence-corrected chi connectivity index (χ4v) is 2.78. The van der Waals surface area contributed by atoms with E-state index in [1.54, 1.807) is 26.8 Å². The van der Waals surface area contributed by atoms with Crippen LogP contribution in [-0.4, -0.2) is 37.6 Å². The number of rotatable bonds is 5. The first kappa shape index (κ1) is 16.4. The van der Waals surface area contributed by atoms with E-state index < -0.39 is 21.5 Å². The Hall–Kier alpha value is -1.67. The number of aromatic nitrogens is 1. The average molecular weight is 300 g/mol. The molecular formula is C12H20N4O3S. The Morgan fingerprint density at radius 1 is 1.45 bits per heavy atom. The minimum absolute atomic E-state index is 0.131. The van der Waals surface area contributed by atoms with E-state index in [4.69, 9.17) is 5.73 Å². The zero-order valence-corrected chi connectivity index (χ0v) is 12.8. The molecule has 0 saturated heterocycles. The topological polar surface area (TPSA) is 114 Å². The van der Waals surface area contributed by atoms with Crippen LogP contribution in [0, 0.1) is 6.92 Å². The molecule has 4 N–H and O–H groups in total. The lowest BCUT2D eigenvalue weighted by Crippen LogP contribution is -2.51. The summed E-state index contributed by atoms with van der Waals surface area (Å²) in [4.78, 5) is 16.0. The number of nitrogens with two attached hydrogens (primary N) is 1. The van der Waals surface area contributed by atoms with Crippen molar-refractivity contribution in [1.82, 2.24) is 15.0 Å². The Morgan fingerprint density at radius 3 is 2.55 bits per heavy atom. The molecule has 1 amide bonds. The number of amides is 1. The second-order valence-electron chi connectivity index (χ2n) is 5.35. The van der Waals surface area contributed by atoms with Crippen LogP contribution >= 0.6 is 0 Å². The zero-order chi connectivity index (χ0) is 15.6. The third-order valence-electron chi connectivity index (χ3n) is 2.47. The number of nitrogen functional groups attached to an aromatic ring is 1. The van der Waals surface area contributed by atoms with E-state index in [0.29, 0.717) is 5.69 Å². The molecule has 0 aliphatic rings. The number of hydrogen-bond donors (Lipinski definition) is 3. The number of aryl methyl sites for hydroxylation is 1. The Kier molecular flexibility index (Phi) is 4.72. The maximum Gasteiger partial charge on any atom is 0.255 e. The van der Waals surface area contributed by atoms with Crippen LogP contribution in [0.5, 0.6) is 0 Å². The van der Waals surface area contributed by atoms with Gasteiger partial charge in [0.2, 0.25) is 10.0 Å². The standard InChI is InChI=1S/C12H20N4O3S/c1-8-5-10(13)9(6-14-8)11(17)15-7-12(2,3)16-20(4,18)19/h5-6,16H,7H2,1-4H3,(H2,13,14)(H,15,17). The quantitative estimate of drug-likeness (QED) is 0.710. The van der Waals surface area contributed by atoms with Crippen LogP contribution in [0.15, 0.2) is 12.3 Å². The van der Waals surface area contributed by atoms with Crippen LogP contribution in [-0.2, 0) is 10.0 Å². The summed E-state index contributed by atoms with van der Waals surface area (Å²) in [7, 11) is -3.35. The van der Waals surface area contributed by atoms with E-state index >= 15 is 0 Å². The van der Waals surface area contributed by atoms with Gasteiger partial charge in [0.05, 0.1) is 11.8 Å². The minimum atomic E-state index is -3.35. The van der Waals surface area contributed by atoms with Crippen molar-refractivity contribution in [2.24, 2.45) is 0 Å². The molecule has 0 aliphatic heterocycles. The van der Waals surface area contributed by atoms with Crippen LogP contribution in [0.3, 0.4) is 0 Å². The molecular weight excluding hydrogens is 280 g/mol. The van der Waals surface area contributed by atoms with E-state index in [2.05, 4.69) is 15.0 Å². The van der Waals surface area contributed by atoms with Gasteiger partial charge >= 0.3 is 0 Å². The summed E-state index contributed by atoms with van der Waals surface area (Å²) in [6.07, 6.45) is 2.47. The first-order chi connectivity index (χ1) is 9.00. The number of nitrogens with zero attached hydrogens (tertiary/aromatic N) is 1. The van der Waals surface area contributed by atoms with Crippen molar-refractivity contribution in [2.45, 2.75) is 26.3 Å². The molecule has 1 aromatic heterocycles. The Labute approximate surface area is 119 Å². The van der Waals surface area contributed by atoms with Gasteiger partial charge in [0.25, 0.3) is 5.91 Å². The largest absolute Gasteiger partial charge is 0.398 e. The number of sulfonamides is 1. The fourth-order valence-electron chi connectivity index (χ4n) is 1.71. The molecule has 0 unspecified atom stereocenters. The summed E-state index contributed by atoms with van der Waals surface area (Å²) < 4.78 is 24.8. The van der Waals surface area contributed by atoms with Crippen molar-refractivity contribution in [1.29, 1.82) is 0 Å². The van der Waals surface area contributed by atoms with Gasteiger partial charge < -0.3 is 11.1 Å². The number of carbonyl (C=O) groups excluding carboxylic acids is 1. The molecule has 0 atom stereocenters. The molecule has 1 heterocycles. The van der Waals surface area contributed by atoms with Gasteiger partial charge in [0.15, 0.2) is 0 Å². The smallest absolute Gasteiger partial charge is 0.255 e. The molecule has 7 nitrogen and oxygen atoms in total. The van der Waals surface area contributed by atoms with Crippen molar-refractivity contribution >= 4 is 21.6 Å². The second kappa shape index (κ2) is 5.76. The molecule has 0 saturated carbocycles. The summed E-state index contributed by atoms with van der Waals surface area (Å²) in [6.45, 7) is 5.25. The summed E-state index contributed by atoms with van der Waals surface area (Å²) in [6, 6.07) is 1.61. The van der Waals surface area contributed by atoms with E-state index in [0.717, 1.165) is 11.9 Å². The molecule has 0 radical (unpaired) electrons. The maximum atomic E-state index is 12.0. The Bertz CT molecular complexity index is 611. The normalized spacial score (nSPS) is 12.2. The highest BCUT2D eigenvalue weighted by molar-refractivity contribution is 7.88. The second-order valence-corrected chi connectivity index (χ2v) is 7.10. The number of nitrogens with one attached hydrogen (secondary N) is 2. The van der Waals surface area contributed by atoms with Crippen molar-refractivity contribution in [3.8, 4) is 0 Å². The van der Waals surface area contributed by atoms with Gasteiger partial charge in [0.1, 0.15) is 0 Å². The lowest BCUT2D eigenvalue weighted by atomic mass is 10.1. The van der Waals surface area contributed by atoms with Crippen molar-refractivity contribution < 1.29 is 13.2 Å². The number of hydrogen-bond acceptors (Lipinski definition) is 5. The lowest BCUT2D eigenvalue weighted by Gasteiger charge is -2.25. The maximum absolute atomic E-state index is 12.0. The molecule has 112 valence electrons. The van der Waals surface area contributed by atoms with Crippen LogP contribution < -0.4 is 15.8 Å². The van der Waals surface area contributed by atoms with Crippen LogP contribution in [0.2, 0.25) is 0 Å². The average Bonchev–Trinajstić information content (AvgIpc) is 2.22. The van der Waals surface area contributed by atoms with E-state index in [1.165, 1.54) is 6.20 Å². The molecule has 0 aromatic carbocycles. The Morgan fingerprint density at radius 2 is 2.05 bits per heavy atom. The molecule has 20 heavy (non-hydrogen) atoms. The molecule has 0 fully saturated rings. The predicted molar refractivity (Wildman–Crippen MR) is 77.8 cm³/mol. The predicted octanol–water partition coefficient (Wildman–Crippen LogP) is 0.0298. The third-order valence-corrected chi connectivity index (χ3v) is 3.39. The van der Waals surface area contributed by atoms with Crippen LogP contribution in [0.25, 0.3) is 0 Å². The van der Waals surface area contributed by atoms with Gasteiger partial charge in [-0.15, -0.1) is 0 Å². The lowest BCUT2D eigenvalue weighted by molar-refractivity contribution is 0.0945. The van der Waals surface area contributed by atoms with Gasteiger partial charge in [-0.25, -0.2) is 13.1 Å². The van der Waals surface area contributed by atoms with E-state index in [1.807, 2.05) is 0 Å². The fraction of sp³-hybridized carbons (Fsp3) is 0.500. The van der Waals surface area contributed by atoms with Crippen molar-refractivity contribution in [3.63, 3.8) is 0 Å². The number of anilines is 1. The monoisotopic (exact) mass is 300 g/mol. The molecule has 0 aliphatic carbocycles. The highest BCUT2D eigenvalue weighted by atomic mass is 32.2. The highest BCUT2D eigenvalue weighted by Gasteiger charge is 2.23. The van der Waals surface area contributed by atoms with Crippen LogP contribution in [0.4, 0.5) is 5.69 Å². The highest BCUT2D eigenvalue weighted by Crippen LogP contribution is 2.11. The zero-order valence-electron chi connectivity index (χ0n) is 12.0. The van der Waals surface area contributed by atoms with Crippen molar-refractivity contribution in [2.75, 3.05) is 18.5 Å². The summed E-state index contributed by atoms with van der Waals surface area (Å²) >= 11 is 0. The molecule has 0 bridgehead atoms. The van der Waals surface area contributed by atoms with Crippen LogP contribution in [0.1, 0.15) is 29.9 Å². The molecule has 1 rings (SSSR count). The van der Waals surface area contributed by atoms with E-state index in [9.17, 15) is 13.2 Å². The molecule has 0 spiro atoms. The summed E-state index contributed by atoms with van der Waals surface area (Å²) in [5, 5.41) is 2.64.